The Morgan fingerprint density at radius 3 is 1.25 bits per heavy atom. The Labute approximate surface area is 139 Å². The van der Waals surface area contributed by atoms with Gasteiger partial charge < -0.3 is 5.11 Å². The summed E-state index contributed by atoms with van der Waals surface area (Å²) >= 11 is 0. The normalized spacial score (nSPS) is 4.45. The van der Waals surface area contributed by atoms with E-state index in [-0.39, 0.29) is 20.0 Å². The van der Waals surface area contributed by atoms with Crippen LogP contribution in [0.3, 0.4) is 0 Å². The van der Waals surface area contributed by atoms with Crippen molar-refractivity contribution in [1.29, 1.82) is 0 Å². The van der Waals surface area contributed by atoms with Crippen LogP contribution >= 0.6 is 0 Å². The molecule has 0 aromatic rings. The second-order valence-corrected chi connectivity index (χ2v) is 2.43. The molecule has 0 unspecified atom stereocenters. The molecule has 0 aromatic carbocycles. The predicted octanol–water partition coefficient (Wildman–Crippen LogP) is 3.56. The summed E-state index contributed by atoms with van der Waals surface area (Å²) in [6, 6.07) is 0. The summed E-state index contributed by atoms with van der Waals surface area (Å²) in [7, 11) is 0. The van der Waals surface area contributed by atoms with E-state index in [2.05, 4.69) is 88.8 Å². The summed E-state index contributed by atoms with van der Waals surface area (Å²) in [6.07, 6.45) is 0. The van der Waals surface area contributed by atoms with E-state index in [1.165, 1.54) is 0 Å². The molecule has 0 bridgehead atoms. The molecular formula is C18H32O2. The number of hydrogen-bond acceptors (Lipinski definition) is 1. The van der Waals surface area contributed by atoms with Gasteiger partial charge in [-0.1, -0.05) is 5.92 Å². The van der Waals surface area contributed by atoms with E-state index in [1.807, 2.05) is 5.92 Å². The lowest BCUT2D eigenvalue weighted by Crippen LogP contribution is -1.85. The maximum Gasteiger partial charge on any atom is 0.382 e. The first kappa shape index (κ1) is 16.0. The van der Waals surface area contributed by atoms with Gasteiger partial charge in [0, 0.05) is 25.9 Å². The molecule has 0 atom stereocenters. The fourth-order valence-corrected chi connectivity index (χ4v) is 0.522. The standard InChI is InChI=1S/C18H4O2.14H2/c1-2-3-4-5-6-7-8-9-10-11-12-13-14-15-16-17-18(19)20;;;;;;;;;;;;;;/h1H3,(H,19,20);14*1H. The lowest BCUT2D eigenvalue weighted by Gasteiger charge is -1.63. The molecule has 2 heteroatoms. The van der Waals surface area contributed by atoms with Crippen LogP contribution in [0.25, 0.3) is 0 Å². The minimum Gasteiger partial charge on any atom is -0.472 e. The molecule has 0 aliphatic carbocycles. The number of carbonyl (C=O) groups is 1. The van der Waals surface area contributed by atoms with Gasteiger partial charge in [0.25, 0.3) is 0 Å². The van der Waals surface area contributed by atoms with E-state index in [9.17, 15) is 4.79 Å². The van der Waals surface area contributed by atoms with Crippen LogP contribution in [0, 0.1) is 94.7 Å². The molecule has 1 N–H and O–H groups in total. The first-order chi connectivity index (χ1) is 9.77. The number of rotatable bonds is 0. The third-order valence-corrected chi connectivity index (χ3v) is 1.11. The molecule has 20 heavy (non-hydrogen) atoms. The van der Waals surface area contributed by atoms with Crippen molar-refractivity contribution >= 4 is 5.97 Å². The third-order valence-electron chi connectivity index (χ3n) is 1.11. The largest absolute Gasteiger partial charge is 0.472 e. The summed E-state index contributed by atoms with van der Waals surface area (Å²) in [5.74, 6) is 36.8. The van der Waals surface area contributed by atoms with Crippen LogP contribution in [0.4, 0.5) is 0 Å². The van der Waals surface area contributed by atoms with Gasteiger partial charge in [-0.05, 0) is 89.8 Å². The molecule has 0 amide bonds. The van der Waals surface area contributed by atoms with Crippen molar-refractivity contribution in [3.05, 3.63) is 0 Å². The number of hydrogen-bond donors (Lipinski definition) is 1. The predicted molar refractivity (Wildman–Crippen MR) is 105 cm³/mol. The van der Waals surface area contributed by atoms with Crippen LogP contribution < -0.4 is 0 Å². The summed E-state index contributed by atoms with van der Waals surface area (Å²) in [5, 5.41) is 8.18. The first-order valence-electron chi connectivity index (χ1n) is 4.93. The Morgan fingerprint density at radius 2 is 0.950 bits per heavy atom. The van der Waals surface area contributed by atoms with Crippen LogP contribution in [0.1, 0.15) is 26.9 Å². The first-order valence-corrected chi connectivity index (χ1v) is 4.93. The average molecular weight is 280 g/mol. The van der Waals surface area contributed by atoms with E-state index in [1.54, 1.807) is 6.92 Å². The fourth-order valence-electron chi connectivity index (χ4n) is 0.522. The van der Waals surface area contributed by atoms with Gasteiger partial charge in [-0.15, -0.1) is 0 Å². The van der Waals surface area contributed by atoms with E-state index < -0.39 is 5.97 Å². The van der Waals surface area contributed by atoms with Gasteiger partial charge in [-0.2, -0.15) is 0 Å². The molecule has 0 saturated carbocycles. The average Bonchev–Trinajstić information content (AvgIpc) is 2.43. The number of carboxylic acids is 1. The monoisotopic (exact) mass is 280 g/mol. The van der Waals surface area contributed by atoms with Gasteiger partial charge in [0.05, 0.1) is 0 Å². The van der Waals surface area contributed by atoms with Crippen molar-refractivity contribution in [2.75, 3.05) is 0 Å². The minimum atomic E-state index is -1.24. The van der Waals surface area contributed by atoms with Crippen LogP contribution in [-0.4, -0.2) is 11.1 Å². The lowest BCUT2D eigenvalue weighted by atomic mass is 10.5. The lowest BCUT2D eigenvalue weighted by molar-refractivity contribution is -0.130. The maximum atomic E-state index is 9.99. The van der Waals surface area contributed by atoms with Crippen LogP contribution in [-0.2, 0) is 4.79 Å². The fraction of sp³-hybridized carbons (Fsp3) is 0.0556. The van der Waals surface area contributed by atoms with Gasteiger partial charge in [-0.25, -0.2) is 4.79 Å². The number of carboxylic acid groups (broad SMARTS) is 1. The van der Waals surface area contributed by atoms with E-state index in [4.69, 9.17) is 5.11 Å². The second-order valence-electron chi connectivity index (χ2n) is 2.43. The van der Waals surface area contributed by atoms with Crippen molar-refractivity contribution in [3.8, 4) is 94.7 Å². The molecular weight excluding hydrogens is 248 g/mol. The van der Waals surface area contributed by atoms with Crippen molar-refractivity contribution in [2.45, 2.75) is 6.92 Å². The van der Waals surface area contributed by atoms with Crippen molar-refractivity contribution < 1.29 is 29.9 Å². The summed E-state index contributed by atoms with van der Waals surface area (Å²) in [5.41, 5.74) is 0. The molecule has 0 aromatic heterocycles. The molecule has 0 radical (unpaired) electrons. The summed E-state index contributed by atoms with van der Waals surface area (Å²) < 4.78 is 0. The Hall–Kier alpha value is -4.05. The molecule has 0 spiro atoms. The van der Waals surface area contributed by atoms with Gasteiger partial charge in [0.2, 0.25) is 0 Å². The third kappa shape index (κ3) is 13.9. The number of aliphatic carboxylic acids is 1. The SMILES string of the molecule is CC#CC#CC#CC#CC#CC#CC#CC#CC(=O)O.[HH].[HH].[HH].[HH].[HH].[HH].[HH].[HH].[HH].[HH].[HH].[HH].[HH].[HH]. The molecule has 0 fully saturated rings. The minimum absolute atomic E-state index is 0. The molecule has 0 aliphatic rings. The van der Waals surface area contributed by atoms with Crippen LogP contribution in [0.15, 0.2) is 0 Å². The van der Waals surface area contributed by atoms with Crippen molar-refractivity contribution in [3.63, 3.8) is 0 Å². The molecule has 116 valence electrons. The molecule has 0 heterocycles. The zero-order chi connectivity index (χ0) is 14.9. The highest BCUT2D eigenvalue weighted by atomic mass is 16.4. The highest BCUT2D eigenvalue weighted by Crippen LogP contribution is 1.59. The van der Waals surface area contributed by atoms with E-state index >= 15 is 0 Å². The van der Waals surface area contributed by atoms with Gasteiger partial charge in [-0.3, -0.25) is 0 Å². The summed E-state index contributed by atoms with van der Waals surface area (Å²) in [4.78, 5) is 9.99. The van der Waals surface area contributed by atoms with E-state index in [0.29, 0.717) is 0 Å². The summed E-state index contributed by atoms with van der Waals surface area (Å²) in [6.45, 7) is 1.68. The molecule has 2 nitrogen and oxygen atoms in total. The Bertz CT molecular complexity index is 905. The van der Waals surface area contributed by atoms with E-state index in [0.717, 1.165) is 0 Å². The van der Waals surface area contributed by atoms with Crippen molar-refractivity contribution in [1.82, 2.24) is 0 Å². The Morgan fingerprint density at radius 1 is 0.650 bits per heavy atom. The topological polar surface area (TPSA) is 37.3 Å². The zero-order valence-electron chi connectivity index (χ0n) is 10.4. The second kappa shape index (κ2) is 13.0. The zero-order valence-corrected chi connectivity index (χ0v) is 10.4. The Kier molecular flexibility index (Phi) is 10.4. The molecule has 0 saturated heterocycles. The quantitative estimate of drug-likeness (QED) is 0.689. The van der Waals surface area contributed by atoms with Gasteiger partial charge in [0.15, 0.2) is 0 Å². The molecule has 0 aliphatic heterocycles. The van der Waals surface area contributed by atoms with Crippen molar-refractivity contribution in [2.24, 2.45) is 0 Å². The van der Waals surface area contributed by atoms with Crippen LogP contribution in [0.2, 0.25) is 0 Å². The Balaban J connectivity index is -0.0000000198. The molecule has 0 rings (SSSR count). The maximum absolute atomic E-state index is 9.99. The smallest absolute Gasteiger partial charge is 0.382 e. The van der Waals surface area contributed by atoms with Gasteiger partial charge in [0.1, 0.15) is 0 Å². The van der Waals surface area contributed by atoms with Gasteiger partial charge >= 0.3 is 5.97 Å². The highest BCUT2D eigenvalue weighted by Gasteiger charge is 1.78. The van der Waals surface area contributed by atoms with Crippen LogP contribution in [0.5, 0.6) is 0 Å². The highest BCUT2D eigenvalue weighted by molar-refractivity contribution is 5.87.